The molecule has 0 aliphatic carbocycles. The summed E-state index contributed by atoms with van der Waals surface area (Å²) in [6, 6.07) is 8.68. The maximum absolute atomic E-state index is 12.5. The highest BCUT2D eigenvalue weighted by Gasteiger charge is 2.34. The van der Waals surface area contributed by atoms with Gasteiger partial charge in [0.05, 0.1) is 6.61 Å². The first-order valence-electron chi connectivity index (χ1n) is 9.84. The smallest absolute Gasteiger partial charge is 0.220 e. The lowest BCUT2D eigenvalue weighted by molar-refractivity contribution is -0.123. The number of rotatable bonds is 6. The third-order valence-corrected chi connectivity index (χ3v) is 5.71. The molecule has 0 radical (unpaired) electrons. The average Bonchev–Trinajstić information content (AvgIpc) is 2.68. The fourth-order valence-electron chi connectivity index (χ4n) is 4.05. The van der Waals surface area contributed by atoms with Crippen molar-refractivity contribution in [2.75, 3.05) is 45.4 Å². The van der Waals surface area contributed by atoms with E-state index in [1.165, 1.54) is 11.3 Å². The fourth-order valence-corrected chi connectivity index (χ4v) is 4.05. The molecule has 0 bridgehead atoms. The van der Waals surface area contributed by atoms with Crippen LogP contribution in [-0.2, 0) is 20.7 Å². The molecular weight excluding hydrogens is 328 g/mol. The van der Waals surface area contributed by atoms with E-state index in [0.29, 0.717) is 18.3 Å². The number of anilines is 1. The third-order valence-electron chi connectivity index (χ3n) is 5.71. The number of hydrogen-bond acceptors (Lipinski definition) is 4. The zero-order valence-corrected chi connectivity index (χ0v) is 16.1. The predicted octanol–water partition coefficient (Wildman–Crippen LogP) is 2.63. The zero-order chi connectivity index (χ0) is 18.4. The van der Waals surface area contributed by atoms with Crippen LogP contribution in [0, 0.1) is 11.8 Å². The van der Waals surface area contributed by atoms with Gasteiger partial charge in [0.15, 0.2) is 0 Å². The fraction of sp³-hybridized carbons (Fsp3) is 0.667. The van der Waals surface area contributed by atoms with E-state index >= 15 is 0 Å². The molecule has 1 aromatic carbocycles. The Balaban J connectivity index is 1.49. The molecule has 2 atom stereocenters. The molecule has 0 aromatic heterocycles. The number of aryl methyl sites for hydroxylation is 1. The van der Waals surface area contributed by atoms with Gasteiger partial charge in [-0.25, -0.2) is 0 Å². The molecule has 3 rings (SSSR count). The molecular formula is C21H32N2O3. The first-order chi connectivity index (χ1) is 12.6. The van der Waals surface area contributed by atoms with Crippen LogP contribution in [0.2, 0.25) is 0 Å². The van der Waals surface area contributed by atoms with E-state index in [4.69, 9.17) is 9.47 Å². The second-order valence-electron chi connectivity index (χ2n) is 7.71. The first kappa shape index (κ1) is 19.2. The molecule has 5 nitrogen and oxygen atoms in total. The number of benzene rings is 1. The standard InChI is InChI=1S/C21H32N2O3/c1-23(2)18-6-3-16(4-7-18)5-8-21(24)22-20-11-14-26-15-19(20)17-9-12-25-13-10-17/h3-4,6-7,17,19-20H,5,8-15H2,1-2H3,(H,22,24)/t19-,20-/m0/s1. The van der Waals surface area contributed by atoms with Gasteiger partial charge in [-0.2, -0.15) is 0 Å². The van der Waals surface area contributed by atoms with Crippen LogP contribution in [0.5, 0.6) is 0 Å². The normalized spacial score (nSPS) is 24.2. The maximum Gasteiger partial charge on any atom is 0.220 e. The Hall–Kier alpha value is -1.59. The van der Waals surface area contributed by atoms with Crippen molar-refractivity contribution in [1.82, 2.24) is 5.32 Å². The van der Waals surface area contributed by atoms with Crippen molar-refractivity contribution < 1.29 is 14.3 Å². The summed E-state index contributed by atoms with van der Waals surface area (Å²) >= 11 is 0. The van der Waals surface area contributed by atoms with Crippen molar-refractivity contribution in [2.45, 2.75) is 38.1 Å². The summed E-state index contributed by atoms with van der Waals surface area (Å²) in [6.07, 6.45) is 4.41. The zero-order valence-electron chi connectivity index (χ0n) is 16.1. The molecule has 0 unspecified atom stereocenters. The molecule has 5 heteroatoms. The van der Waals surface area contributed by atoms with E-state index in [2.05, 4.69) is 34.5 Å². The van der Waals surface area contributed by atoms with Gasteiger partial charge in [0.25, 0.3) is 0 Å². The summed E-state index contributed by atoms with van der Waals surface area (Å²) in [7, 11) is 4.07. The number of nitrogens with zero attached hydrogens (tertiary/aromatic N) is 1. The number of hydrogen-bond donors (Lipinski definition) is 1. The van der Waals surface area contributed by atoms with Crippen molar-refractivity contribution in [2.24, 2.45) is 11.8 Å². The van der Waals surface area contributed by atoms with E-state index in [9.17, 15) is 4.79 Å². The SMILES string of the molecule is CN(C)c1ccc(CCC(=O)N[C@H]2CCOC[C@H]2C2CCOCC2)cc1. The van der Waals surface area contributed by atoms with E-state index < -0.39 is 0 Å². The highest BCUT2D eigenvalue weighted by Crippen LogP contribution is 2.30. The molecule has 2 aliphatic heterocycles. The van der Waals surface area contributed by atoms with Crippen molar-refractivity contribution >= 4 is 11.6 Å². The van der Waals surface area contributed by atoms with Crippen LogP contribution in [-0.4, -0.2) is 52.5 Å². The summed E-state index contributed by atoms with van der Waals surface area (Å²) < 4.78 is 11.2. The van der Waals surface area contributed by atoms with Gasteiger partial charge in [-0.15, -0.1) is 0 Å². The Bertz CT molecular complexity index is 567. The first-order valence-corrected chi connectivity index (χ1v) is 9.84. The summed E-state index contributed by atoms with van der Waals surface area (Å²) in [5.74, 6) is 1.19. The van der Waals surface area contributed by atoms with Crippen LogP contribution >= 0.6 is 0 Å². The van der Waals surface area contributed by atoms with Crippen LogP contribution in [0.4, 0.5) is 5.69 Å². The van der Waals surface area contributed by atoms with Crippen molar-refractivity contribution in [3.05, 3.63) is 29.8 Å². The molecule has 2 aliphatic rings. The van der Waals surface area contributed by atoms with Gasteiger partial charge in [0.2, 0.25) is 5.91 Å². The number of carbonyl (C=O) groups excluding carboxylic acids is 1. The van der Waals surface area contributed by atoms with Gasteiger partial charge in [-0.1, -0.05) is 12.1 Å². The minimum atomic E-state index is 0.158. The van der Waals surface area contributed by atoms with Gasteiger partial charge in [-0.3, -0.25) is 4.79 Å². The largest absolute Gasteiger partial charge is 0.381 e. The van der Waals surface area contributed by atoms with Crippen LogP contribution in [0.15, 0.2) is 24.3 Å². The predicted molar refractivity (Wildman–Crippen MR) is 103 cm³/mol. The Labute approximate surface area is 157 Å². The Morgan fingerprint density at radius 3 is 2.46 bits per heavy atom. The molecule has 1 amide bonds. The Morgan fingerprint density at radius 1 is 1.08 bits per heavy atom. The molecule has 2 saturated heterocycles. The molecule has 2 heterocycles. The minimum Gasteiger partial charge on any atom is -0.381 e. The molecule has 144 valence electrons. The van der Waals surface area contributed by atoms with Gasteiger partial charge in [0.1, 0.15) is 0 Å². The van der Waals surface area contributed by atoms with Gasteiger partial charge >= 0.3 is 0 Å². The molecule has 26 heavy (non-hydrogen) atoms. The Morgan fingerprint density at radius 2 is 1.77 bits per heavy atom. The van der Waals surface area contributed by atoms with E-state index in [0.717, 1.165) is 52.1 Å². The molecule has 0 spiro atoms. The lowest BCUT2D eigenvalue weighted by Crippen LogP contribution is -2.49. The van der Waals surface area contributed by atoms with Crippen LogP contribution in [0.25, 0.3) is 0 Å². The van der Waals surface area contributed by atoms with Gasteiger partial charge in [0, 0.05) is 58.0 Å². The van der Waals surface area contributed by atoms with E-state index in [1.54, 1.807) is 0 Å². The summed E-state index contributed by atoms with van der Waals surface area (Å²) in [5, 5.41) is 3.30. The maximum atomic E-state index is 12.5. The quantitative estimate of drug-likeness (QED) is 0.847. The van der Waals surface area contributed by atoms with Crippen LogP contribution < -0.4 is 10.2 Å². The van der Waals surface area contributed by atoms with E-state index in [1.807, 2.05) is 14.1 Å². The average molecular weight is 360 g/mol. The van der Waals surface area contributed by atoms with Crippen molar-refractivity contribution in [3.63, 3.8) is 0 Å². The van der Waals surface area contributed by atoms with Crippen LogP contribution in [0.3, 0.4) is 0 Å². The second-order valence-corrected chi connectivity index (χ2v) is 7.71. The third kappa shape index (κ3) is 5.21. The Kier molecular flexibility index (Phi) is 6.92. The monoisotopic (exact) mass is 360 g/mol. The minimum absolute atomic E-state index is 0.158. The number of nitrogens with one attached hydrogen (secondary N) is 1. The van der Waals surface area contributed by atoms with Crippen molar-refractivity contribution in [3.8, 4) is 0 Å². The van der Waals surface area contributed by atoms with Crippen LogP contribution in [0.1, 0.15) is 31.2 Å². The highest BCUT2D eigenvalue weighted by molar-refractivity contribution is 5.76. The summed E-state index contributed by atoms with van der Waals surface area (Å²) in [4.78, 5) is 14.6. The highest BCUT2D eigenvalue weighted by atomic mass is 16.5. The van der Waals surface area contributed by atoms with Gasteiger partial charge in [-0.05, 0) is 49.3 Å². The second kappa shape index (κ2) is 9.38. The lowest BCUT2D eigenvalue weighted by Gasteiger charge is -2.39. The van der Waals surface area contributed by atoms with Crippen molar-refractivity contribution in [1.29, 1.82) is 0 Å². The number of ether oxygens (including phenoxy) is 2. The molecule has 1 N–H and O–H groups in total. The summed E-state index contributed by atoms with van der Waals surface area (Å²) in [5.41, 5.74) is 2.39. The molecule has 0 saturated carbocycles. The lowest BCUT2D eigenvalue weighted by atomic mass is 9.79. The molecule has 1 aromatic rings. The van der Waals surface area contributed by atoms with E-state index in [-0.39, 0.29) is 11.9 Å². The van der Waals surface area contributed by atoms with Gasteiger partial charge < -0.3 is 19.7 Å². The molecule has 2 fully saturated rings. The number of amides is 1. The summed E-state index contributed by atoms with van der Waals surface area (Å²) in [6.45, 7) is 3.19. The topological polar surface area (TPSA) is 50.8 Å². The number of carbonyl (C=O) groups is 1.